The molecule has 4 rings (SSSR count). The zero-order valence-corrected chi connectivity index (χ0v) is 19.4. The number of amides is 2. The van der Waals surface area contributed by atoms with Crippen molar-refractivity contribution in [2.75, 3.05) is 23.3 Å². The summed E-state index contributed by atoms with van der Waals surface area (Å²) in [6.45, 7) is 4.84. The Hall–Kier alpha value is -3.56. The largest absolute Gasteiger partial charge is 0.507 e. The second kappa shape index (κ2) is 10.1. The van der Waals surface area contributed by atoms with Gasteiger partial charge in [-0.25, -0.2) is 4.79 Å². The summed E-state index contributed by atoms with van der Waals surface area (Å²) in [5, 5.41) is 22.8. The van der Waals surface area contributed by atoms with Gasteiger partial charge in [0.15, 0.2) is 12.1 Å². The Balaban J connectivity index is 1.30. The minimum absolute atomic E-state index is 0.0299. The van der Waals surface area contributed by atoms with Gasteiger partial charge in [0.2, 0.25) is 5.91 Å². The van der Waals surface area contributed by atoms with Crippen molar-refractivity contribution in [2.24, 2.45) is 5.92 Å². The van der Waals surface area contributed by atoms with E-state index in [4.69, 9.17) is 4.74 Å². The van der Waals surface area contributed by atoms with E-state index in [-0.39, 0.29) is 41.2 Å². The number of phenols is 1. The molecule has 10 heteroatoms. The molecule has 1 aromatic heterocycles. The number of carbonyl (C=O) groups excluding carboxylic acids is 3. The molecule has 1 aliphatic heterocycles. The van der Waals surface area contributed by atoms with Crippen LogP contribution in [0.4, 0.5) is 16.3 Å². The zero-order chi connectivity index (χ0) is 24.2. The number of benzene rings is 1. The van der Waals surface area contributed by atoms with Gasteiger partial charge in [0.05, 0.1) is 17.2 Å². The van der Waals surface area contributed by atoms with Crippen LogP contribution in [0.15, 0.2) is 24.3 Å². The molecule has 0 spiro atoms. The van der Waals surface area contributed by atoms with Crippen LogP contribution < -0.4 is 15.5 Å². The van der Waals surface area contributed by atoms with Crippen molar-refractivity contribution in [3.8, 4) is 5.75 Å². The number of anilines is 2. The highest BCUT2D eigenvalue weighted by Crippen LogP contribution is 2.36. The first-order chi connectivity index (χ1) is 16.3. The third kappa shape index (κ3) is 5.32. The Morgan fingerprint density at radius 2 is 2.12 bits per heavy atom. The highest BCUT2D eigenvalue weighted by molar-refractivity contribution is 5.93. The van der Waals surface area contributed by atoms with E-state index in [0.29, 0.717) is 43.7 Å². The van der Waals surface area contributed by atoms with Crippen LogP contribution in [-0.2, 0) is 9.53 Å². The fraction of sp³-hybridized carbons (Fsp3) is 0.500. The average Bonchev–Trinajstić information content (AvgIpc) is 3.53. The average molecular weight is 470 g/mol. The number of aromatic nitrogens is 2. The molecular formula is C24H31N5O5. The fourth-order valence-electron chi connectivity index (χ4n) is 4.72. The maximum Gasteiger partial charge on any atom is 0.407 e. The van der Waals surface area contributed by atoms with Gasteiger partial charge < -0.3 is 25.4 Å². The van der Waals surface area contributed by atoms with Crippen molar-refractivity contribution >= 4 is 29.8 Å². The lowest BCUT2D eigenvalue weighted by atomic mass is 10.0. The van der Waals surface area contributed by atoms with E-state index in [1.54, 1.807) is 12.1 Å². The number of aldehydes is 1. The number of phenolic OH excluding ortho intramolecular Hbond substituents is 1. The molecule has 34 heavy (non-hydrogen) atoms. The molecule has 0 bridgehead atoms. The highest BCUT2D eigenvalue weighted by Gasteiger charge is 2.32. The van der Waals surface area contributed by atoms with Crippen LogP contribution >= 0.6 is 0 Å². The number of H-pyrrole nitrogens is 1. The molecule has 2 fully saturated rings. The van der Waals surface area contributed by atoms with Gasteiger partial charge in [0.1, 0.15) is 11.9 Å². The van der Waals surface area contributed by atoms with Gasteiger partial charge in [-0.1, -0.05) is 6.07 Å². The number of hydrogen-bond acceptors (Lipinski definition) is 7. The molecule has 2 aliphatic rings. The van der Waals surface area contributed by atoms with Crippen molar-refractivity contribution in [3.63, 3.8) is 0 Å². The Bertz CT molecular complexity index is 1050. The molecule has 4 N–H and O–H groups in total. The number of nitrogens with one attached hydrogen (secondary N) is 3. The zero-order valence-electron chi connectivity index (χ0n) is 19.4. The summed E-state index contributed by atoms with van der Waals surface area (Å²) in [7, 11) is 0. The molecule has 1 saturated heterocycles. The molecule has 3 atom stereocenters. The third-order valence-corrected chi connectivity index (χ3v) is 6.43. The standard InChI is InChI=1S/C24H31N5O5/c1-14(2)25-24(33)34-17-7-6-15(10-17)19-11-22(28-27-19)26-23(32)16-8-9-29(12-16)20-4-3-5-21(31)18(20)13-30/h3-5,11,13-17,31H,6-10,12H2,1-2H3,(H,25,33)(H2,26,27,28,32)/t15-,16?,17+/m0/s1. The summed E-state index contributed by atoms with van der Waals surface area (Å²) in [6.07, 6.45) is 3.11. The normalized spacial score (nSPS) is 22.1. The molecule has 2 amide bonds. The first-order valence-electron chi connectivity index (χ1n) is 11.7. The maximum absolute atomic E-state index is 12.8. The van der Waals surface area contributed by atoms with E-state index in [1.165, 1.54) is 6.07 Å². The first kappa shape index (κ1) is 23.6. The topological polar surface area (TPSA) is 137 Å². The lowest BCUT2D eigenvalue weighted by Crippen LogP contribution is -2.33. The lowest BCUT2D eigenvalue weighted by molar-refractivity contribution is -0.119. The predicted octanol–water partition coefficient (Wildman–Crippen LogP) is 3.16. The van der Waals surface area contributed by atoms with E-state index < -0.39 is 6.09 Å². The number of carbonyl (C=O) groups is 3. The van der Waals surface area contributed by atoms with E-state index in [9.17, 15) is 19.5 Å². The number of alkyl carbamates (subject to hydrolysis) is 1. The molecule has 1 aliphatic carbocycles. The van der Waals surface area contributed by atoms with E-state index in [2.05, 4.69) is 20.8 Å². The van der Waals surface area contributed by atoms with Crippen molar-refractivity contribution in [1.29, 1.82) is 0 Å². The van der Waals surface area contributed by atoms with E-state index in [1.807, 2.05) is 24.8 Å². The molecule has 1 saturated carbocycles. The van der Waals surface area contributed by atoms with Crippen LogP contribution in [-0.4, -0.2) is 58.8 Å². The quantitative estimate of drug-likeness (QED) is 0.457. The second-order valence-electron chi connectivity index (χ2n) is 9.29. The van der Waals surface area contributed by atoms with Crippen molar-refractivity contribution < 1.29 is 24.2 Å². The van der Waals surface area contributed by atoms with Crippen LogP contribution in [0.2, 0.25) is 0 Å². The van der Waals surface area contributed by atoms with E-state index >= 15 is 0 Å². The van der Waals surface area contributed by atoms with Gasteiger partial charge in [-0.05, 0) is 51.7 Å². The van der Waals surface area contributed by atoms with Crippen LogP contribution in [0.1, 0.15) is 61.5 Å². The molecule has 10 nitrogen and oxygen atoms in total. The van der Waals surface area contributed by atoms with Crippen molar-refractivity contribution in [1.82, 2.24) is 15.5 Å². The minimum Gasteiger partial charge on any atom is -0.507 e. The number of ether oxygens (including phenoxy) is 1. The number of aromatic hydroxyl groups is 1. The molecule has 2 aromatic rings. The number of hydrogen-bond donors (Lipinski definition) is 4. The molecule has 182 valence electrons. The first-order valence-corrected chi connectivity index (χ1v) is 11.7. The van der Waals surface area contributed by atoms with Gasteiger partial charge in [0, 0.05) is 36.8 Å². The van der Waals surface area contributed by atoms with Gasteiger partial charge in [-0.15, -0.1) is 0 Å². The monoisotopic (exact) mass is 469 g/mol. The Kier molecular flexibility index (Phi) is 7.04. The number of aromatic amines is 1. The summed E-state index contributed by atoms with van der Waals surface area (Å²) in [4.78, 5) is 38.0. The van der Waals surface area contributed by atoms with Gasteiger partial charge >= 0.3 is 6.09 Å². The SMILES string of the molecule is CC(C)NC(=O)O[C@@H]1CC[C@H](c2cc(NC(=O)C3CCN(c4cccc(O)c4C=O)C3)n[nH]2)C1. The summed E-state index contributed by atoms with van der Waals surface area (Å²) in [5.74, 6) is 0.192. The summed E-state index contributed by atoms with van der Waals surface area (Å²) in [5.41, 5.74) is 1.78. The Morgan fingerprint density at radius 3 is 2.88 bits per heavy atom. The van der Waals surface area contributed by atoms with Gasteiger partial charge in [-0.3, -0.25) is 14.7 Å². The van der Waals surface area contributed by atoms with E-state index in [0.717, 1.165) is 18.5 Å². The van der Waals surface area contributed by atoms with Crippen molar-refractivity contribution in [3.05, 3.63) is 35.5 Å². The van der Waals surface area contributed by atoms with Crippen molar-refractivity contribution in [2.45, 2.75) is 57.6 Å². The second-order valence-corrected chi connectivity index (χ2v) is 9.29. The Labute approximate surface area is 198 Å². The van der Waals surface area contributed by atoms with Crippen LogP contribution in [0.5, 0.6) is 5.75 Å². The number of rotatable bonds is 7. The summed E-state index contributed by atoms with van der Waals surface area (Å²) in [6, 6.07) is 6.80. The highest BCUT2D eigenvalue weighted by atomic mass is 16.6. The predicted molar refractivity (Wildman–Crippen MR) is 126 cm³/mol. The minimum atomic E-state index is -0.394. The number of nitrogens with zero attached hydrogens (tertiary/aromatic N) is 2. The molecule has 2 heterocycles. The smallest absolute Gasteiger partial charge is 0.407 e. The Morgan fingerprint density at radius 1 is 1.29 bits per heavy atom. The van der Waals surface area contributed by atoms with Crippen LogP contribution in [0, 0.1) is 5.92 Å². The van der Waals surface area contributed by atoms with Gasteiger partial charge in [-0.2, -0.15) is 5.10 Å². The van der Waals surface area contributed by atoms with Crippen LogP contribution in [0.3, 0.4) is 0 Å². The molecular weight excluding hydrogens is 438 g/mol. The molecule has 1 aromatic carbocycles. The maximum atomic E-state index is 12.8. The summed E-state index contributed by atoms with van der Waals surface area (Å²) < 4.78 is 5.49. The summed E-state index contributed by atoms with van der Waals surface area (Å²) >= 11 is 0. The molecule has 0 radical (unpaired) electrons. The molecule has 1 unspecified atom stereocenters. The third-order valence-electron chi connectivity index (χ3n) is 6.43. The fourth-order valence-corrected chi connectivity index (χ4v) is 4.72. The van der Waals surface area contributed by atoms with Gasteiger partial charge in [0.25, 0.3) is 0 Å². The lowest BCUT2D eigenvalue weighted by Gasteiger charge is -2.20. The van der Waals surface area contributed by atoms with Crippen LogP contribution in [0.25, 0.3) is 0 Å².